The molecular weight excluding hydrogens is 507 g/mol. The molecule has 0 bridgehead atoms. The summed E-state index contributed by atoms with van der Waals surface area (Å²) < 4.78 is 11.8. The predicted octanol–water partition coefficient (Wildman–Crippen LogP) is 3.02. The van der Waals surface area contributed by atoms with Gasteiger partial charge in [-0.15, -0.1) is 24.0 Å². The van der Waals surface area contributed by atoms with E-state index in [4.69, 9.17) is 9.47 Å². The Hall–Kier alpha value is -1.55. The highest BCUT2D eigenvalue weighted by Crippen LogP contribution is 2.26. The molecule has 3 fully saturated rings. The van der Waals surface area contributed by atoms with Crippen molar-refractivity contribution in [3.63, 3.8) is 0 Å². The van der Waals surface area contributed by atoms with E-state index in [1.54, 1.807) is 0 Å². The third-order valence-corrected chi connectivity index (χ3v) is 6.31. The van der Waals surface area contributed by atoms with E-state index in [1.807, 2.05) is 18.0 Å². The number of aliphatic imine (C=N–C) groups is 1. The lowest BCUT2D eigenvalue weighted by atomic mass is 10.2. The topological polar surface area (TPSA) is 66.4 Å². The molecule has 4 rings (SSSR count). The Labute approximate surface area is 202 Å². The van der Waals surface area contributed by atoms with Gasteiger partial charge in [0.15, 0.2) is 5.96 Å². The number of nitrogens with one attached hydrogen (secondary N) is 1. The zero-order valence-corrected chi connectivity index (χ0v) is 20.8. The minimum atomic E-state index is -0.231. The molecule has 0 aromatic heterocycles. The molecular formula is C23H35IN4O3. The van der Waals surface area contributed by atoms with Crippen LogP contribution in [0.5, 0.6) is 5.75 Å². The molecule has 0 spiro atoms. The third-order valence-electron chi connectivity index (χ3n) is 6.31. The van der Waals surface area contributed by atoms with Crippen LogP contribution in [0.25, 0.3) is 0 Å². The first kappa shape index (κ1) is 24.1. The standard InChI is InChI=1S/C23H34N4O3.HI/c1-24-23(27-14-12-26(13-15-27)22(28)21-11-6-16-29-21)25-17-18-7-2-5-10-20(18)30-19-8-3-4-9-19;/h2,5,7,10,19,21H,3-4,6,8-9,11-17H2,1H3,(H,24,25);1H. The number of hydrogen-bond acceptors (Lipinski definition) is 4. The first-order valence-corrected chi connectivity index (χ1v) is 11.3. The van der Waals surface area contributed by atoms with Crippen LogP contribution in [0.3, 0.4) is 0 Å². The van der Waals surface area contributed by atoms with Gasteiger partial charge in [-0.25, -0.2) is 0 Å². The number of halogens is 1. The Balaban J connectivity index is 0.00000272. The highest BCUT2D eigenvalue weighted by atomic mass is 127. The summed E-state index contributed by atoms with van der Waals surface area (Å²) in [6.45, 7) is 4.35. The van der Waals surface area contributed by atoms with Crippen molar-refractivity contribution < 1.29 is 14.3 Å². The lowest BCUT2D eigenvalue weighted by Gasteiger charge is -2.37. The SMILES string of the molecule is CN=C(NCc1ccccc1OC1CCCC1)N1CCN(C(=O)C2CCCO2)CC1.I. The molecule has 0 radical (unpaired) electrons. The number of piperazine rings is 1. The number of ether oxygens (including phenoxy) is 2. The number of rotatable bonds is 5. The van der Waals surface area contributed by atoms with Crippen molar-refractivity contribution in [1.82, 2.24) is 15.1 Å². The molecule has 31 heavy (non-hydrogen) atoms. The molecule has 1 unspecified atom stereocenters. The summed E-state index contributed by atoms with van der Waals surface area (Å²) in [6, 6.07) is 8.26. The fourth-order valence-electron chi connectivity index (χ4n) is 4.57. The van der Waals surface area contributed by atoms with E-state index < -0.39 is 0 Å². The van der Waals surface area contributed by atoms with Crippen molar-refractivity contribution in [2.45, 2.75) is 57.3 Å². The van der Waals surface area contributed by atoms with Crippen LogP contribution in [-0.4, -0.2) is 73.7 Å². The summed E-state index contributed by atoms with van der Waals surface area (Å²) in [7, 11) is 1.81. The molecule has 2 aliphatic heterocycles. The molecule has 3 aliphatic rings. The number of benzene rings is 1. The average molecular weight is 542 g/mol. The smallest absolute Gasteiger partial charge is 0.251 e. The van der Waals surface area contributed by atoms with E-state index in [0.29, 0.717) is 32.3 Å². The Morgan fingerprint density at radius 3 is 2.48 bits per heavy atom. The Morgan fingerprint density at radius 1 is 1.10 bits per heavy atom. The summed E-state index contributed by atoms with van der Waals surface area (Å²) in [5, 5.41) is 3.49. The number of amides is 1. The molecule has 7 nitrogen and oxygen atoms in total. The van der Waals surface area contributed by atoms with Gasteiger partial charge in [-0.2, -0.15) is 0 Å². The van der Waals surface area contributed by atoms with Crippen LogP contribution in [0.2, 0.25) is 0 Å². The van der Waals surface area contributed by atoms with Crippen molar-refractivity contribution in [3.05, 3.63) is 29.8 Å². The second kappa shape index (κ2) is 11.9. The number of carbonyl (C=O) groups is 1. The fourth-order valence-corrected chi connectivity index (χ4v) is 4.57. The quantitative estimate of drug-likeness (QED) is 0.352. The zero-order valence-electron chi connectivity index (χ0n) is 18.4. The van der Waals surface area contributed by atoms with E-state index in [-0.39, 0.29) is 36.0 Å². The van der Waals surface area contributed by atoms with E-state index >= 15 is 0 Å². The van der Waals surface area contributed by atoms with Crippen molar-refractivity contribution in [3.8, 4) is 5.75 Å². The van der Waals surface area contributed by atoms with Crippen LogP contribution in [0.1, 0.15) is 44.1 Å². The number of nitrogens with zero attached hydrogens (tertiary/aromatic N) is 3. The van der Waals surface area contributed by atoms with Gasteiger partial charge in [0.25, 0.3) is 5.91 Å². The lowest BCUT2D eigenvalue weighted by molar-refractivity contribution is -0.142. The maximum absolute atomic E-state index is 12.6. The van der Waals surface area contributed by atoms with Gasteiger partial charge in [-0.05, 0) is 44.6 Å². The molecule has 1 atom stereocenters. The maximum atomic E-state index is 12.6. The van der Waals surface area contributed by atoms with Gasteiger partial charge in [0.1, 0.15) is 11.9 Å². The summed E-state index contributed by atoms with van der Waals surface area (Å²) in [5.41, 5.74) is 1.15. The van der Waals surface area contributed by atoms with E-state index in [2.05, 4.69) is 33.4 Å². The van der Waals surface area contributed by atoms with Crippen LogP contribution in [0.4, 0.5) is 0 Å². The van der Waals surface area contributed by atoms with Gasteiger partial charge in [0, 0.05) is 51.9 Å². The second-order valence-electron chi connectivity index (χ2n) is 8.35. The number of guanidine groups is 1. The fraction of sp³-hybridized carbons (Fsp3) is 0.652. The van der Waals surface area contributed by atoms with Crippen molar-refractivity contribution in [2.24, 2.45) is 4.99 Å². The normalized spacial score (nSPS) is 22.4. The van der Waals surface area contributed by atoms with Crippen LogP contribution < -0.4 is 10.1 Å². The van der Waals surface area contributed by atoms with Gasteiger partial charge in [-0.3, -0.25) is 9.79 Å². The van der Waals surface area contributed by atoms with Crippen LogP contribution in [0, 0.1) is 0 Å². The third kappa shape index (κ3) is 6.25. The van der Waals surface area contributed by atoms with Crippen molar-refractivity contribution in [2.75, 3.05) is 39.8 Å². The largest absolute Gasteiger partial charge is 0.490 e. The molecule has 1 aromatic rings. The second-order valence-corrected chi connectivity index (χ2v) is 8.35. The van der Waals surface area contributed by atoms with Gasteiger partial charge in [-0.1, -0.05) is 18.2 Å². The molecule has 2 heterocycles. The van der Waals surface area contributed by atoms with Gasteiger partial charge < -0.3 is 24.6 Å². The van der Waals surface area contributed by atoms with Gasteiger partial charge in [0.05, 0.1) is 6.10 Å². The first-order valence-electron chi connectivity index (χ1n) is 11.3. The number of carbonyl (C=O) groups excluding carboxylic acids is 1. The summed E-state index contributed by atoms with van der Waals surface area (Å²) in [5.74, 6) is 1.99. The molecule has 1 N–H and O–H groups in total. The zero-order chi connectivity index (χ0) is 20.8. The molecule has 2 saturated heterocycles. The monoisotopic (exact) mass is 542 g/mol. The summed E-state index contributed by atoms with van der Waals surface area (Å²) in [6.07, 6.45) is 6.78. The van der Waals surface area contributed by atoms with Crippen molar-refractivity contribution >= 4 is 35.8 Å². The Bertz CT molecular complexity index is 740. The predicted molar refractivity (Wildman–Crippen MR) is 132 cm³/mol. The summed E-state index contributed by atoms with van der Waals surface area (Å²) >= 11 is 0. The van der Waals surface area contributed by atoms with Crippen LogP contribution in [0.15, 0.2) is 29.3 Å². The number of para-hydroxylation sites is 1. The van der Waals surface area contributed by atoms with E-state index in [0.717, 1.165) is 56.0 Å². The molecule has 8 heteroatoms. The Morgan fingerprint density at radius 2 is 1.81 bits per heavy atom. The molecule has 1 aliphatic carbocycles. The average Bonchev–Trinajstić information content (AvgIpc) is 3.50. The van der Waals surface area contributed by atoms with Gasteiger partial charge in [0.2, 0.25) is 0 Å². The molecule has 1 amide bonds. The highest BCUT2D eigenvalue weighted by molar-refractivity contribution is 14.0. The van der Waals surface area contributed by atoms with E-state index in [9.17, 15) is 4.79 Å². The minimum Gasteiger partial charge on any atom is -0.490 e. The maximum Gasteiger partial charge on any atom is 0.251 e. The minimum absolute atomic E-state index is 0. The first-order chi connectivity index (χ1) is 14.7. The van der Waals surface area contributed by atoms with Crippen LogP contribution >= 0.6 is 24.0 Å². The van der Waals surface area contributed by atoms with Crippen LogP contribution in [-0.2, 0) is 16.1 Å². The summed E-state index contributed by atoms with van der Waals surface area (Å²) in [4.78, 5) is 21.2. The molecule has 1 aromatic carbocycles. The molecule has 172 valence electrons. The number of hydrogen-bond donors (Lipinski definition) is 1. The van der Waals surface area contributed by atoms with E-state index in [1.165, 1.54) is 12.8 Å². The van der Waals surface area contributed by atoms with Gasteiger partial charge >= 0.3 is 0 Å². The Kier molecular flexibility index (Phi) is 9.25. The van der Waals surface area contributed by atoms with Crippen molar-refractivity contribution in [1.29, 1.82) is 0 Å². The lowest BCUT2D eigenvalue weighted by Crippen LogP contribution is -2.55. The highest BCUT2D eigenvalue weighted by Gasteiger charge is 2.31. The molecule has 1 saturated carbocycles.